The largest absolute Gasteiger partial charge is 0.496 e. The van der Waals surface area contributed by atoms with Crippen LogP contribution in [0.4, 0.5) is 5.69 Å². The van der Waals surface area contributed by atoms with E-state index in [1.54, 1.807) is 7.11 Å². The number of anilines is 1. The van der Waals surface area contributed by atoms with E-state index in [1.165, 1.54) is 0 Å². The minimum atomic E-state index is 0.844. The molecule has 120 valence electrons. The van der Waals surface area contributed by atoms with Crippen LogP contribution in [-0.2, 0) is 0 Å². The molecule has 1 N–H and O–H groups in total. The molecule has 0 heterocycles. The Morgan fingerprint density at radius 3 is 1.92 bits per heavy atom. The van der Waals surface area contributed by atoms with E-state index >= 15 is 0 Å². The molecule has 3 rings (SSSR count). The highest BCUT2D eigenvalue weighted by Crippen LogP contribution is 2.25. The predicted molar refractivity (Wildman–Crippen MR) is 99.9 cm³/mol. The third-order valence-electron chi connectivity index (χ3n) is 3.89. The molecule has 0 radical (unpaired) electrons. The number of ether oxygens (including phenoxy) is 1. The summed E-state index contributed by atoms with van der Waals surface area (Å²) in [5.41, 5.74) is 8.19. The fraction of sp³-hybridized carbons (Fsp3) is 0.0952. The molecule has 3 heteroatoms. The van der Waals surface area contributed by atoms with Gasteiger partial charge in [0.05, 0.1) is 18.5 Å². The van der Waals surface area contributed by atoms with Gasteiger partial charge in [-0.3, -0.25) is 5.43 Å². The highest BCUT2D eigenvalue weighted by molar-refractivity contribution is 6.13. The first kappa shape index (κ1) is 15.8. The van der Waals surface area contributed by atoms with Crippen molar-refractivity contribution >= 4 is 11.4 Å². The van der Waals surface area contributed by atoms with Crippen molar-refractivity contribution in [1.29, 1.82) is 0 Å². The maximum absolute atomic E-state index is 5.37. The number of nitrogens with zero attached hydrogens (tertiary/aromatic N) is 1. The van der Waals surface area contributed by atoms with Crippen molar-refractivity contribution in [3.63, 3.8) is 0 Å². The second-order valence-corrected chi connectivity index (χ2v) is 5.44. The average molecular weight is 316 g/mol. The van der Waals surface area contributed by atoms with E-state index in [0.717, 1.165) is 33.8 Å². The third-order valence-corrected chi connectivity index (χ3v) is 3.89. The van der Waals surface area contributed by atoms with Gasteiger partial charge in [-0.1, -0.05) is 66.7 Å². The van der Waals surface area contributed by atoms with Crippen molar-refractivity contribution in [3.8, 4) is 5.75 Å². The van der Waals surface area contributed by atoms with Crippen molar-refractivity contribution in [2.24, 2.45) is 5.10 Å². The van der Waals surface area contributed by atoms with Gasteiger partial charge in [-0.25, -0.2) is 0 Å². The summed E-state index contributed by atoms with van der Waals surface area (Å²) in [6.07, 6.45) is 0. The van der Waals surface area contributed by atoms with Crippen molar-refractivity contribution in [3.05, 3.63) is 95.6 Å². The van der Waals surface area contributed by atoms with E-state index in [0.29, 0.717) is 0 Å². The van der Waals surface area contributed by atoms with Crippen LogP contribution >= 0.6 is 0 Å². The molecule has 3 nitrogen and oxygen atoms in total. The van der Waals surface area contributed by atoms with E-state index < -0.39 is 0 Å². The van der Waals surface area contributed by atoms with Crippen LogP contribution < -0.4 is 10.2 Å². The molecular weight excluding hydrogens is 296 g/mol. The Hall–Kier alpha value is -3.07. The summed E-state index contributed by atoms with van der Waals surface area (Å²) in [4.78, 5) is 0. The molecular formula is C21H20N2O. The van der Waals surface area contributed by atoms with Gasteiger partial charge in [0.2, 0.25) is 0 Å². The van der Waals surface area contributed by atoms with Crippen LogP contribution in [0.5, 0.6) is 5.75 Å². The summed E-state index contributed by atoms with van der Waals surface area (Å²) in [6.45, 7) is 2.02. The molecule has 0 spiro atoms. The van der Waals surface area contributed by atoms with Gasteiger partial charge in [0, 0.05) is 16.7 Å². The van der Waals surface area contributed by atoms with Gasteiger partial charge in [-0.05, 0) is 19.1 Å². The lowest BCUT2D eigenvalue weighted by Gasteiger charge is -2.12. The van der Waals surface area contributed by atoms with Crippen molar-refractivity contribution < 1.29 is 4.74 Å². The fourth-order valence-corrected chi connectivity index (χ4v) is 2.56. The standard InChI is InChI=1S/C21H20N2O/c1-16-19(14-9-15-20(16)24-2)22-23-21(17-10-5-3-6-11-17)18-12-7-4-8-13-18/h3-15,22H,1-2H3. The monoisotopic (exact) mass is 316 g/mol. The highest BCUT2D eigenvalue weighted by atomic mass is 16.5. The quantitative estimate of drug-likeness (QED) is 0.538. The normalized spacial score (nSPS) is 10.1. The fourth-order valence-electron chi connectivity index (χ4n) is 2.56. The molecule has 0 aliphatic rings. The van der Waals surface area contributed by atoms with Crippen LogP contribution in [0, 0.1) is 6.92 Å². The third kappa shape index (κ3) is 3.46. The van der Waals surface area contributed by atoms with Crippen LogP contribution in [-0.4, -0.2) is 12.8 Å². The first-order valence-electron chi connectivity index (χ1n) is 7.87. The number of benzene rings is 3. The molecule has 0 atom stereocenters. The molecule has 0 bridgehead atoms. The lowest BCUT2D eigenvalue weighted by Crippen LogP contribution is -2.07. The van der Waals surface area contributed by atoms with Gasteiger partial charge in [0.25, 0.3) is 0 Å². The molecule has 24 heavy (non-hydrogen) atoms. The lowest BCUT2D eigenvalue weighted by molar-refractivity contribution is 0.412. The summed E-state index contributed by atoms with van der Waals surface area (Å²) >= 11 is 0. The molecule has 0 amide bonds. The van der Waals surface area contributed by atoms with Gasteiger partial charge >= 0.3 is 0 Å². The zero-order chi connectivity index (χ0) is 16.8. The number of hydrogen-bond acceptors (Lipinski definition) is 3. The maximum atomic E-state index is 5.37. The molecule has 0 fully saturated rings. The minimum absolute atomic E-state index is 0.844. The summed E-state index contributed by atoms with van der Waals surface area (Å²) in [7, 11) is 1.68. The van der Waals surface area contributed by atoms with Crippen LogP contribution in [0.25, 0.3) is 0 Å². The van der Waals surface area contributed by atoms with E-state index in [4.69, 9.17) is 4.74 Å². The Bertz CT molecular complexity index is 785. The van der Waals surface area contributed by atoms with Crippen molar-refractivity contribution in [2.45, 2.75) is 6.92 Å². The molecule has 0 unspecified atom stereocenters. The van der Waals surface area contributed by atoms with E-state index in [2.05, 4.69) is 34.8 Å². The molecule has 0 saturated heterocycles. The van der Waals surface area contributed by atoms with Crippen LogP contribution in [0.1, 0.15) is 16.7 Å². The number of hydrazone groups is 1. The summed E-state index contributed by atoms with van der Waals surface area (Å²) in [6, 6.07) is 26.2. The number of rotatable bonds is 5. The summed E-state index contributed by atoms with van der Waals surface area (Å²) in [5, 5.41) is 4.68. The number of nitrogens with one attached hydrogen (secondary N) is 1. The highest BCUT2D eigenvalue weighted by Gasteiger charge is 2.08. The van der Waals surface area contributed by atoms with Gasteiger partial charge < -0.3 is 4.74 Å². The van der Waals surface area contributed by atoms with Crippen LogP contribution in [0.15, 0.2) is 84.0 Å². The summed E-state index contributed by atoms with van der Waals surface area (Å²) < 4.78 is 5.37. The molecule has 0 saturated carbocycles. The Morgan fingerprint density at radius 2 is 1.38 bits per heavy atom. The zero-order valence-corrected chi connectivity index (χ0v) is 13.9. The van der Waals surface area contributed by atoms with E-state index in [-0.39, 0.29) is 0 Å². The average Bonchev–Trinajstić information content (AvgIpc) is 2.65. The SMILES string of the molecule is COc1cccc(NN=C(c2ccccc2)c2ccccc2)c1C. The number of hydrogen-bond donors (Lipinski definition) is 1. The predicted octanol–water partition coefficient (Wildman–Crippen LogP) is 4.87. The first-order valence-corrected chi connectivity index (χ1v) is 7.87. The van der Waals surface area contributed by atoms with E-state index in [9.17, 15) is 0 Å². The number of methoxy groups -OCH3 is 1. The molecule has 0 aliphatic heterocycles. The maximum Gasteiger partial charge on any atom is 0.123 e. The Balaban J connectivity index is 1.99. The smallest absolute Gasteiger partial charge is 0.123 e. The Labute approximate surface area is 142 Å². The van der Waals surface area contributed by atoms with Gasteiger partial charge in [0.15, 0.2) is 0 Å². The van der Waals surface area contributed by atoms with Gasteiger partial charge in [-0.2, -0.15) is 5.10 Å². The molecule has 0 aliphatic carbocycles. The molecule has 0 aromatic heterocycles. The first-order chi connectivity index (χ1) is 11.8. The lowest BCUT2D eigenvalue weighted by atomic mass is 10.0. The van der Waals surface area contributed by atoms with Crippen molar-refractivity contribution in [1.82, 2.24) is 0 Å². The van der Waals surface area contributed by atoms with Crippen molar-refractivity contribution in [2.75, 3.05) is 12.5 Å². The molecule has 3 aromatic rings. The summed E-state index contributed by atoms with van der Waals surface area (Å²) in [5.74, 6) is 0.844. The van der Waals surface area contributed by atoms with Gasteiger partial charge in [-0.15, -0.1) is 0 Å². The van der Waals surface area contributed by atoms with E-state index in [1.807, 2.05) is 61.5 Å². The Morgan fingerprint density at radius 1 is 0.792 bits per heavy atom. The Kier molecular flexibility index (Phi) is 4.92. The topological polar surface area (TPSA) is 33.6 Å². The second kappa shape index (κ2) is 7.47. The second-order valence-electron chi connectivity index (χ2n) is 5.44. The zero-order valence-electron chi connectivity index (χ0n) is 13.9. The van der Waals surface area contributed by atoms with Gasteiger partial charge in [0.1, 0.15) is 5.75 Å². The van der Waals surface area contributed by atoms with Crippen LogP contribution in [0.3, 0.4) is 0 Å². The minimum Gasteiger partial charge on any atom is -0.496 e. The molecule has 3 aromatic carbocycles. The van der Waals surface area contributed by atoms with Crippen LogP contribution in [0.2, 0.25) is 0 Å².